The first kappa shape index (κ1) is 15.2. The molecular formula is C9H20N4O4S. The van der Waals surface area contributed by atoms with Crippen molar-refractivity contribution >= 4 is 16.0 Å². The smallest absolute Gasteiger partial charge is 0.282 e. The summed E-state index contributed by atoms with van der Waals surface area (Å²) in [5.41, 5.74) is 5.39. The SMILES string of the molecule is CC(C)N(CC(N)=NO)S(=O)(=O)N1CCOCC1. The molecule has 0 bridgehead atoms. The molecule has 0 atom stereocenters. The number of nitrogens with zero attached hydrogens (tertiary/aromatic N) is 3. The van der Waals surface area contributed by atoms with Crippen LogP contribution >= 0.6 is 0 Å². The van der Waals surface area contributed by atoms with Crippen LogP contribution in [-0.2, 0) is 14.9 Å². The molecule has 0 aromatic rings. The summed E-state index contributed by atoms with van der Waals surface area (Å²) < 4.78 is 32.4. The van der Waals surface area contributed by atoms with Crippen molar-refractivity contribution in [2.45, 2.75) is 19.9 Å². The van der Waals surface area contributed by atoms with E-state index < -0.39 is 10.2 Å². The minimum atomic E-state index is -3.61. The van der Waals surface area contributed by atoms with Crippen LogP contribution < -0.4 is 5.73 Å². The van der Waals surface area contributed by atoms with Crippen LogP contribution in [0.1, 0.15) is 13.8 Å². The van der Waals surface area contributed by atoms with Crippen molar-refractivity contribution in [2.24, 2.45) is 10.9 Å². The standard InChI is InChI=1S/C9H20N4O4S/c1-8(2)13(7-9(10)11-14)18(15,16)12-3-5-17-6-4-12/h8,14H,3-7H2,1-2H3,(H2,10,11). The second-order valence-corrected chi connectivity index (χ2v) is 6.13. The first-order valence-electron chi connectivity index (χ1n) is 5.70. The molecule has 1 aliphatic heterocycles. The van der Waals surface area contributed by atoms with E-state index in [2.05, 4.69) is 5.16 Å². The number of ether oxygens (including phenoxy) is 1. The Morgan fingerprint density at radius 3 is 2.50 bits per heavy atom. The Labute approximate surface area is 107 Å². The third kappa shape index (κ3) is 3.55. The number of hydrogen-bond acceptors (Lipinski definition) is 5. The van der Waals surface area contributed by atoms with Gasteiger partial charge in [0.25, 0.3) is 10.2 Å². The summed E-state index contributed by atoms with van der Waals surface area (Å²) in [4.78, 5) is 0. The van der Waals surface area contributed by atoms with Crippen LogP contribution in [0.15, 0.2) is 5.16 Å². The number of rotatable bonds is 5. The number of hydrogen-bond donors (Lipinski definition) is 2. The topological polar surface area (TPSA) is 108 Å². The highest BCUT2D eigenvalue weighted by Gasteiger charge is 2.33. The van der Waals surface area contributed by atoms with E-state index >= 15 is 0 Å². The lowest BCUT2D eigenvalue weighted by atomic mass is 10.4. The van der Waals surface area contributed by atoms with E-state index in [0.29, 0.717) is 26.3 Å². The molecule has 8 nitrogen and oxygen atoms in total. The van der Waals surface area contributed by atoms with E-state index in [1.54, 1.807) is 13.8 Å². The fourth-order valence-electron chi connectivity index (χ4n) is 1.65. The Bertz CT molecular complexity index is 389. The van der Waals surface area contributed by atoms with Crippen LogP contribution in [-0.4, -0.2) is 67.0 Å². The molecule has 0 unspecified atom stereocenters. The van der Waals surface area contributed by atoms with Crippen LogP contribution in [0.2, 0.25) is 0 Å². The van der Waals surface area contributed by atoms with Crippen molar-refractivity contribution in [1.82, 2.24) is 8.61 Å². The summed E-state index contributed by atoms with van der Waals surface area (Å²) >= 11 is 0. The molecular weight excluding hydrogens is 260 g/mol. The molecule has 3 N–H and O–H groups in total. The number of morpholine rings is 1. The Hall–Kier alpha value is -0.900. The van der Waals surface area contributed by atoms with Gasteiger partial charge in [0.2, 0.25) is 0 Å². The van der Waals surface area contributed by atoms with Crippen molar-refractivity contribution < 1.29 is 18.4 Å². The van der Waals surface area contributed by atoms with Gasteiger partial charge in [-0.1, -0.05) is 5.16 Å². The largest absolute Gasteiger partial charge is 0.409 e. The molecule has 1 fully saturated rings. The van der Waals surface area contributed by atoms with Gasteiger partial charge in [-0.3, -0.25) is 0 Å². The molecule has 0 aromatic heterocycles. The molecule has 18 heavy (non-hydrogen) atoms. The van der Waals surface area contributed by atoms with Gasteiger partial charge in [0.15, 0.2) is 5.84 Å². The van der Waals surface area contributed by atoms with Crippen LogP contribution in [0.4, 0.5) is 0 Å². The van der Waals surface area contributed by atoms with E-state index in [9.17, 15) is 8.42 Å². The minimum Gasteiger partial charge on any atom is -0.409 e. The Kier molecular flexibility index (Phi) is 5.32. The Morgan fingerprint density at radius 1 is 1.50 bits per heavy atom. The molecule has 0 spiro atoms. The maximum atomic E-state index is 12.4. The number of amidine groups is 1. The first-order chi connectivity index (χ1) is 8.39. The maximum Gasteiger partial charge on any atom is 0.282 e. The van der Waals surface area contributed by atoms with E-state index in [4.69, 9.17) is 15.7 Å². The molecule has 9 heteroatoms. The zero-order valence-electron chi connectivity index (χ0n) is 10.6. The summed E-state index contributed by atoms with van der Waals surface area (Å²) in [5, 5.41) is 11.4. The lowest BCUT2D eigenvalue weighted by molar-refractivity contribution is 0.0698. The summed E-state index contributed by atoms with van der Waals surface area (Å²) in [6.45, 7) is 4.76. The lowest BCUT2D eigenvalue weighted by Crippen LogP contribution is -2.52. The maximum absolute atomic E-state index is 12.4. The zero-order chi connectivity index (χ0) is 13.8. The van der Waals surface area contributed by atoms with E-state index in [-0.39, 0.29) is 18.4 Å². The minimum absolute atomic E-state index is 0.131. The normalized spacial score (nSPS) is 19.7. The molecule has 1 heterocycles. The van der Waals surface area contributed by atoms with E-state index in [0.717, 1.165) is 0 Å². The molecule has 106 valence electrons. The number of oxime groups is 1. The van der Waals surface area contributed by atoms with Crippen molar-refractivity contribution in [3.05, 3.63) is 0 Å². The first-order valence-corrected chi connectivity index (χ1v) is 7.10. The average molecular weight is 280 g/mol. The molecule has 1 saturated heterocycles. The van der Waals surface area contributed by atoms with Gasteiger partial charge in [-0.2, -0.15) is 17.0 Å². The van der Waals surface area contributed by atoms with E-state index in [1.807, 2.05) is 0 Å². The number of nitrogens with two attached hydrogens (primary N) is 1. The van der Waals surface area contributed by atoms with Crippen molar-refractivity contribution in [2.75, 3.05) is 32.8 Å². The summed E-state index contributed by atoms with van der Waals surface area (Å²) in [5.74, 6) is -0.138. The van der Waals surface area contributed by atoms with Crippen LogP contribution in [0, 0.1) is 0 Å². The molecule has 1 rings (SSSR count). The monoisotopic (exact) mass is 280 g/mol. The van der Waals surface area contributed by atoms with Gasteiger partial charge in [0.05, 0.1) is 19.8 Å². The second kappa shape index (κ2) is 6.32. The van der Waals surface area contributed by atoms with Crippen LogP contribution in [0.5, 0.6) is 0 Å². The average Bonchev–Trinajstić information content (AvgIpc) is 2.36. The molecule has 1 aliphatic rings. The predicted octanol–water partition coefficient (Wildman–Crippen LogP) is -0.980. The third-order valence-electron chi connectivity index (χ3n) is 2.61. The predicted molar refractivity (Wildman–Crippen MR) is 66.6 cm³/mol. The summed E-state index contributed by atoms with van der Waals surface area (Å²) in [7, 11) is -3.61. The quantitative estimate of drug-likeness (QED) is 0.291. The Morgan fingerprint density at radius 2 is 2.06 bits per heavy atom. The van der Waals surface area contributed by atoms with Gasteiger partial charge in [-0.25, -0.2) is 0 Å². The highest BCUT2D eigenvalue weighted by Crippen LogP contribution is 2.13. The van der Waals surface area contributed by atoms with E-state index in [1.165, 1.54) is 8.61 Å². The summed E-state index contributed by atoms with van der Waals surface area (Å²) in [6.07, 6.45) is 0. The summed E-state index contributed by atoms with van der Waals surface area (Å²) in [6, 6.07) is -0.279. The molecule has 0 radical (unpaired) electrons. The molecule has 0 aromatic carbocycles. The fourth-order valence-corrected chi connectivity index (χ4v) is 3.38. The van der Waals surface area contributed by atoms with Gasteiger partial charge in [-0.15, -0.1) is 0 Å². The molecule has 0 saturated carbocycles. The molecule has 0 amide bonds. The highest BCUT2D eigenvalue weighted by atomic mass is 32.2. The lowest BCUT2D eigenvalue weighted by Gasteiger charge is -2.33. The van der Waals surface area contributed by atoms with Gasteiger partial charge in [-0.05, 0) is 13.8 Å². The third-order valence-corrected chi connectivity index (χ3v) is 4.78. The highest BCUT2D eigenvalue weighted by molar-refractivity contribution is 7.86. The van der Waals surface area contributed by atoms with Gasteiger partial charge >= 0.3 is 0 Å². The van der Waals surface area contributed by atoms with Crippen molar-refractivity contribution in [3.8, 4) is 0 Å². The second-order valence-electron chi connectivity index (χ2n) is 4.25. The van der Waals surface area contributed by atoms with Gasteiger partial charge in [0.1, 0.15) is 0 Å². The fraction of sp³-hybridized carbons (Fsp3) is 0.889. The van der Waals surface area contributed by atoms with Crippen LogP contribution in [0.3, 0.4) is 0 Å². The van der Waals surface area contributed by atoms with Crippen molar-refractivity contribution in [1.29, 1.82) is 0 Å². The van der Waals surface area contributed by atoms with Crippen LogP contribution in [0.25, 0.3) is 0 Å². The van der Waals surface area contributed by atoms with Crippen molar-refractivity contribution in [3.63, 3.8) is 0 Å². The zero-order valence-corrected chi connectivity index (χ0v) is 11.4. The van der Waals surface area contributed by atoms with Gasteiger partial charge < -0.3 is 15.7 Å². The van der Waals surface area contributed by atoms with Gasteiger partial charge in [0, 0.05) is 19.1 Å². The Balaban J connectivity index is 2.89. The molecule has 0 aliphatic carbocycles.